The summed E-state index contributed by atoms with van der Waals surface area (Å²) in [6, 6.07) is 1.88. The predicted molar refractivity (Wildman–Crippen MR) is 70.0 cm³/mol. The van der Waals surface area contributed by atoms with E-state index in [9.17, 15) is 4.21 Å². The van der Waals surface area contributed by atoms with Crippen molar-refractivity contribution >= 4 is 22.3 Å². The molecule has 0 aromatic carbocycles. The molecule has 3 N–H and O–H groups in total. The van der Waals surface area contributed by atoms with Crippen LogP contribution in [0.15, 0.2) is 12.3 Å². The van der Waals surface area contributed by atoms with E-state index in [2.05, 4.69) is 10.3 Å². The van der Waals surface area contributed by atoms with Crippen LogP contribution in [-0.4, -0.2) is 27.2 Å². The molecule has 1 aromatic rings. The summed E-state index contributed by atoms with van der Waals surface area (Å²) in [4.78, 5) is 4.17. The minimum absolute atomic E-state index is 0.193. The first-order chi connectivity index (χ1) is 7.52. The van der Waals surface area contributed by atoms with Crippen LogP contribution in [-0.2, 0) is 10.8 Å². The molecule has 2 unspecified atom stereocenters. The van der Waals surface area contributed by atoms with Gasteiger partial charge < -0.3 is 11.1 Å². The summed E-state index contributed by atoms with van der Waals surface area (Å²) in [6.45, 7) is 4.66. The normalized spacial score (nSPS) is 14.4. The number of nitrogen functional groups attached to an aromatic ring is 1. The van der Waals surface area contributed by atoms with Gasteiger partial charge >= 0.3 is 0 Å². The molecule has 0 spiro atoms. The van der Waals surface area contributed by atoms with Gasteiger partial charge in [-0.05, 0) is 25.0 Å². The Morgan fingerprint density at radius 2 is 2.31 bits per heavy atom. The third kappa shape index (κ3) is 3.48. The lowest BCUT2D eigenvalue weighted by molar-refractivity contribution is 0.672. The zero-order valence-corrected chi connectivity index (χ0v) is 10.8. The Kier molecular flexibility index (Phi) is 4.73. The van der Waals surface area contributed by atoms with Crippen molar-refractivity contribution in [3.05, 3.63) is 17.8 Å². The molecule has 0 saturated carbocycles. The molecule has 0 amide bonds. The van der Waals surface area contributed by atoms with Crippen LogP contribution in [0.4, 0.5) is 11.5 Å². The number of nitrogens with zero attached hydrogens (tertiary/aromatic N) is 1. The van der Waals surface area contributed by atoms with Crippen LogP contribution in [0, 0.1) is 6.92 Å². The molecule has 0 aliphatic carbocycles. The molecule has 16 heavy (non-hydrogen) atoms. The van der Waals surface area contributed by atoms with Gasteiger partial charge in [-0.2, -0.15) is 0 Å². The predicted octanol–water partition coefficient (Wildman–Crippen LogP) is 1.54. The molecular weight excluding hydrogens is 222 g/mol. The Bertz CT molecular complexity index is 381. The van der Waals surface area contributed by atoms with Crippen molar-refractivity contribution in [3.63, 3.8) is 0 Å². The highest BCUT2D eigenvalue weighted by molar-refractivity contribution is 7.84. The lowest BCUT2D eigenvalue weighted by atomic mass is 10.2. The number of hydrogen-bond acceptors (Lipinski definition) is 4. The van der Waals surface area contributed by atoms with Gasteiger partial charge in [-0.25, -0.2) is 4.98 Å². The maximum Gasteiger partial charge on any atom is 0.149 e. The fourth-order valence-electron chi connectivity index (χ4n) is 1.27. The number of nitrogens with one attached hydrogen (secondary N) is 1. The first-order valence-corrected chi connectivity index (χ1v) is 6.91. The van der Waals surface area contributed by atoms with Gasteiger partial charge in [0.15, 0.2) is 0 Å². The van der Waals surface area contributed by atoms with E-state index in [1.807, 2.05) is 19.9 Å². The summed E-state index contributed by atoms with van der Waals surface area (Å²) in [5, 5.41) is 3.36. The zero-order chi connectivity index (χ0) is 12.1. The Morgan fingerprint density at radius 1 is 1.62 bits per heavy atom. The number of anilines is 2. The quantitative estimate of drug-likeness (QED) is 0.820. The number of aromatic nitrogens is 1. The highest BCUT2D eigenvalue weighted by Gasteiger charge is 2.07. The first-order valence-electron chi connectivity index (χ1n) is 5.29. The molecule has 4 nitrogen and oxygen atoms in total. The lowest BCUT2D eigenvalue weighted by Crippen LogP contribution is -2.16. The van der Waals surface area contributed by atoms with Crippen molar-refractivity contribution in [1.29, 1.82) is 0 Å². The standard InChI is InChI=1S/C11H19N3OS/c1-8-4-6-13-11(10(8)12)14-7-5-9(2)16(3)15/h4,6,9H,5,7,12H2,1-3H3,(H,13,14). The van der Waals surface area contributed by atoms with Gasteiger partial charge in [-0.15, -0.1) is 0 Å². The van der Waals surface area contributed by atoms with E-state index in [-0.39, 0.29) is 5.25 Å². The second-order valence-corrected chi connectivity index (χ2v) is 5.72. The number of nitrogens with two attached hydrogens (primary N) is 1. The van der Waals surface area contributed by atoms with E-state index in [0.29, 0.717) is 11.5 Å². The van der Waals surface area contributed by atoms with Gasteiger partial charge in [0.25, 0.3) is 0 Å². The highest BCUT2D eigenvalue weighted by Crippen LogP contribution is 2.18. The van der Waals surface area contributed by atoms with E-state index in [1.165, 1.54) is 0 Å². The molecule has 1 heterocycles. The van der Waals surface area contributed by atoms with Crippen LogP contribution in [0.25, 0.3) is 0 Å². The monoisotopic (exact) mass is 241 g/mol. The first kappa shape index (κ1) is 13.0. The SMILES string of the molecule is Cc1ccnc(NCCC(C)S(C)=O)c1N. The third-order valence-electron chi connectivity index (χ3n) is 2.62. The summed E-state index contributed by atoms with van der Waals surface area (Å²) >= 11 is 0. The molecule has 5 heteroatoms. The minimum atomic E-state index is -0.770. The Balaban J connectivity index is 2.49. The Hall–Kier alpha value is -1.10. The Labute approximate surface area is 99.1 Å². The van der Waals surface area contributed by atoms with Gasteiger partial charge in [0, 0.05) is 35.0 Å². The van der Waals surface area contributed by atoms with Crippen LogP contribution in [0.5, 0.6) is 0 Å². The van der Waals surface area contributed by atoms with Crippen LogP contribution in [0.2, 0.25) is 0 Å². The fraction of sp³-hybridized carbons (Fsp3) is 0.545. The average molecular weight is 241 g/mol. The number of hydrogen-bond donors (Lipinski definition) is 2. The van der Waals surface area contributed by atoms with Gasteiger partial charge in [-0.3, -0.25) is 4.21 Å². The van der Waals surface area contributed by atoms with Gasteiger partial charge in [0.05, 0.1) is 5.69 Å². The summed E-state index contributed by atoms with van der Waals surface area (Å²) in [7, 11) is -0.770. The average Bonchev–Trinajstić information content (AvgIpc) is 2.24. The van der Waals surface area contributed by atoms with E-state index in [0.717, 1.165) is 18.5 Å². The highest BCUT2D eigenvalue weighted by atomic mass is 32.2. The molecule has 0 radical (unpaired) electrons. The van der Waals surface area contributed by atoms with Crippen LogP contribution < -0.4 is 11.1 Å². The van der Waals surface area contributed by atoms with Crippen molar-refractivity contribution in [1.82, 2.24) is 4.98 Å². The third-order valence-corrected chi connectivity index (χ3v) is 3.99. The topological polar surface area (TPSA) is 68.0 Å². The van der Waals surface area contributed by atoms with Crippen molar-refractivity contribution in [3.8, 4) is 0 Å². The zero-order valence-electron chi connectivity index (χ0n) is 9.99. The van der Waals surface area contributed by atoms with Crippen molar-refractivity contribution < 1.29 is 4.21 Å². The van der Waals surface area contributed by atoms with E-state index >= 15 is 0 Å². The molecule has 0 saturated heterocycles. The Morgan fingerprint density at radius 3 is 2.94 bits per heavy atom. The van der Waals surface area contributed by atoms with Crippen molar-refractivity contribution in [2.75, 3.05) is 23.9 Å². The maximum absolute atomic E-state index is 11.2. The largest absolute Gasteiger partial charge is 0.396 e. The van der Waals surface area contributed by atoms with Crippen molar-refractivity contribution in [2.45, 2.75) is 25.5 Å². The molecule has 0 bridgehead atoms. The molecule has 2 atom stereocenters. The smallest absolute Gasteiger partial charge is 0.149 e. The van der Waals surface area contributed by atoms with Gasteiger partial charge in [0.2, 0.25) is 0 Å². The molecule has 1 rings (SSSR count). The molecule has 0 aliphatic heterocycles. The van der Waals surface area contributed by atoms with Crippen LogP contribution in [0.3, 0.4) is 0 Å². The number of pyridine rings is 1. The molecular formula is C11H19N3OS. The van der Waals surface area contributed by atoms with Crippen molar-refractivity contribution in [2.24, 2.45) is 0 Å². The lowest BCUT2D eigenvalue weighted by Gasteiger charge is -2.12. The fourth-order valence-corrected chi connectivity index (χ4v) is 1.72. The molecule has 1 aromatic heterocycles. The van der Waals surface area contributed by atoms with E-state index in [4.69, 9.17) is 5.73 Å². The van der Waals surface area contributed by atoms with Gasteiger partial charge in [0.1, 0.15) is 5.82 Å². The molecule has 90 valence electrons. The summed E-state index contributed by atoms with van der Waals surface area (Å²) in [5.74, 6) is 0.717. The minimum Gasteiger partial charge on any atom is -0.396 e. The number of aryl methyl sites for hydroxylation is 1. The number of rotatable bonds is 5. The molecule has 0 fully saturated rings. The second-order valence-electron chi connectivity index (χ2n) is 3.91. The second kappa shape index (κ2) is 5.84. The summed E-state index contributed by atoms with van der Waals surface area (Å²) < 4.78 is 11.2. The summed E-state index contributed by atoms with van der Waals surface area (Å²) in [5.41, 5.74) is 7.58. The summed E-state index contributed by atoms with van der Waals surface area (Å²) in [6.07, 6.45) is 4.30. The molecule has 0 aliphatic rings. The van der Waals surface area contributed by atoms with E-state index in [1.54, 1.807) is 12.5 Å². The van der Waals surface area contributed by atoms with Gasteiger partial charge in [-0.1, -0.05) is 6.92 Å². The van der Waals surface area contributed by atoms with Crippen LogP contribution in [0.1, 0.15) is 18.9 Å². The van der Waals surface area contributed by atoms with E-state index < -0.39 is 10.8 Å². The van der Waals surface area contributed by atoms with Crippen LogP contribution >= 0.6 is 0 Å². The maximum atomic E-state index is 11.2.